The van der Waals surface area contributed by atoms with Crippen LogP contribution in [0.4, 0.5) is 5.69 Å². The number of halogens is 1. The molecule has 0 atom stereocenters. The Hall–Kier alpha value is -0.880. The molecule has 2 N–H and O–H groups in total. The van der Waals surface area contributed by atoms with Crippen LogP contribution in [0.25, 0.3) is 0 Å². The third-order valence-electron chi connectivity index (χ3n) is 3.13. The molecule has 0 aliphatic rings. The third kappa shape index (κ3) is 4.31. The number of rotatable bonds is 6. The fourth-order valence-corrected chi connectivity index (χ4v) is 2.60. The molecule has 0 unspecified atom stereocenters. The van der Waals surface area contributed by atoms with E-state index < -0.39 is 0 Å². The van der Waals surface area contributed by atoms with Crippen molar-refractivity contribution in [3.8, 4) is 0 Å². The number of hydrogen-bond acceptors (Lipinski definition) is 4. The first-order chi connectivity index (χ1) is 9.18. The number of aromatic nitrogens is 2. The van der Waals surface area contributed by atoms with Crippen LogP contribution in [0.1, 0.15) is 27.7 Å². The highest BCUT2D eigenvalue weighted by atomic mass is 79.9. The summed E-state index contributed by atoms with van der Waals surface area (Å²) in [5, 5.41) is 4.26. The molecule has 0 spiro atoms. The van der Waals surface area contributed by atoms with E-state index >= 15 is 0 Å². The Balaban J connectivity index is 3.04. The molecule has 20 heavy (non-hydrogen) atoms. The Kier molecular flexibility index (Phi) is 5.77. The van der Waals surface area contributed by atoms with Gasteiger partial charge in [-0.1, -0.05) is 27.7 Å². The highest BCUT2D eigenvalue weighted by molar-refractivity contribution is 9.10. The maximum absolute atomic E-state index is 12.3. The van der Waals surface area contributed by atoms with Crippen molar-refractivity contribution in [2.75, 3.05) is 25.0 Å². The highest BCUT2D eigenvalue weighted by Crippen LogP contribution is 2.24. The van der Waals surface area contributed by atoms with Gasteiger partial charge >= 0.3 is 0 Å². The Labute approximate surface area is 129 Å². The van der Waals surface area contributed by atoms with Gasteiger partial charge in [0.2, 0.25) is 0 Å². The molecular weight excluding hydrogens is 320 g/mol. The Morgan fingerprint density at radius 3 is 2.60 bits per heavy atom. The quantitative estimate of drug-likeness (QED) is 0.857. The first-order valence-corrected chi connectivity index (χ1v) is 7.64. The number of nitrogens with two attached hydrogens (primary N) is 1. The second-order valence-corrected chi connectivity index (χ2v) is 7.24. The van der Waals surface area contributed by atoms with E-state index in [1.165, 1.54) is 4.68 Å². The van der Waals surface area contributed by atoms with E-state index in [1.807, 2.05) is 11.9 Å². The summed E-state index contributed by atoms with van der Waals surface area (Å²) < 4.78 is 2.06. The minimum Gasteiger partial charge on any atom is -0.372 e. The summed E-state index contributed by atoms with van der Waals surface area (Å²) in [6.45, 7) is 10.3. The van der Waals surface area contributed by atoms with Gasteiger partial charge in [-0.15, -0.1) is 0 Å². The minimum absolute atomic E-state index is 0.0129. The summed E-state index contributed by atoms with van der Waals surface area (Å²) in [7, 11) is 1.95. The molecule has 1 rings (SSSR count). The normalized spacial score (nSPS) is 12.0. The monoisotopic (exact) mass is 344 g/mol. The van der Waals surface area contributed by atoms with Gasteiger partial charge in [0.15, 0.2) is 0 Å². The molecule has 0 aliphatic carbocycles. The maximum atomic E-state index is 12.3. The molecule has 0 fully saturated rings. The molecule has 1 aromatic rings. The van der Waals surface area contributed by atoms with Crippen LogP contribution >= 0.6 is 15.9 Å². The molecule has 0 radical (unpaired) electrons. The lowest BCUT2D eigenvalue weighted by Crippen LogP contribution is -2.38. The van der Waals surface area contributed by atoms with Crippen molar-refractivity contribution in [1.29, 1.82) is 0 Å². The second kappa shape index (κ2) is 6.72. The third-order valence-corrected chi connectivity index (χ3v) is 3.88. The van der Waals surface area contributed by atoms with E-state index in [4.69, 9.17) is 5.73 Å². The summed E-state index contributed by atoms with van der Waals surface area (Å²) in [4.78, 5) is 14.3. The Morgan fingerprint density at radius 1 is 1.50 bits per heavy atom. The molecule has 1 heterocycles. The van der Waals surface area contributed by atoms with Crippen molar-refractivity contribution in [3.63, 3.8) is 0 Å². The van der Waals surface area contributed by atoms with E-state index in [-0.39, 0.29) is 11.0 Å². The van der Waals surface area contributed by atoms with E-state index in [9.17, 15) is 4.79 Å². The highest BCUT2D eigenvalue weighted by Gasteiger charge is 2.21. The minimum atomic E-state index is -0.0893. The number of anilines is 1. The van der Waals surface area contributed by atoms with Gasteiger partial charge in [0.25, 0.3) is 5.56 Å². The zero-order valence-electron chi connectivity index (χ0n) is 13.0. The lowest BCUT2D eigenvalue weighted by atomic mass is 9.93. The van der Waals surface area contributed by atoms with E-state index in [1.54, 1.807) is 6.20 Å². The molecular formula is C14H25BrN4O. The van der Waals surface area contributed by atoms with Crippen molar-refractivity contribution >= 4 is 21.6 Å². The summed E-state index contributed by atoms with van der Waals surface area (Å²) >= 11 is 3.40. The van der Waals surface area contributed by atoms with Crippen LogP contribution in [0.2, 0.25) is 0 Å². The maximum Gasteiger partial charge on any atom is 0.283 e. The molecule has 0 bridgehead atoms. The topological polar surface area (TPSA) is 64.2 Å². The van der Waals surface area contributed by atoms with E-state index in [0.29, 0.717) is 23.5 Å². The van der Waals surface area contributed by atoms with Crippen LogP contribution in [-0.4, -0.2) is 29.9 Å². The zero-order valence-corrected chi connectivity index (χ0v) is 14.6. The van der Waals surface area contributed by atoms with Crippen LogP contribution in [0.15, 0.2) is 15.5 Å². The second-order valence-electron chi connectivity index (χ2n) is 6.45. The van der Waals surface area contributed by atoms with Gasteiger partial charge in [-0.3, -0.25) is 4.79 Å². The predicted molar refractivity (Wildman–Crippen MR) is 87.1 cm³/mol. The van der Waals surface area contributed by atoms with Crippen LogP contribution < -0.4 is 16.2 Å². The van der Waals surface area contributed by atoms with Crippen LogP contribution in [0.3, 0.4) is 0 Å². The zero-order chi connectivity index (χ0) is 15.5. The fourth-order valence-electron chi connectivity index (χ4n) is 1.99. The Morgan fingerprint density at radius 2 is 2.10 bits per heavy atom. The average molecular weight is 345 g/mol. The lowest BCUT2D eigenvalue weighted by molar-refractivity contribution is 0.384. The summed E-state index contributed by atoms with van der Waals surface area (Å²) in [5.41, 5.74) is 6.46. The van der Waals surface area contributed by atoms with E-state index in [2.05, 4.69) is 48.7 Å². The van der Waals surface area contributed by atoms with Gasteiger partial charge in [0.05, 0.1) is 11.9 Å². The van der Waals surface area contributed by atoms with Crippen LogP contribution in [0.5, 0.6) is 0 Å². The van der Waals surface area contributed by atoms with Gasteiger partial charge in [-0.25, -0.2) is 4.68 Å². The van der Waals surface area contributed by atoms with Crippen LogP contribution in [-0.2, 0) is 6.54 Å². The molecule has 0 aliphatic heterocycles. The first kappa shape index (κ1) is 17.2. The first-order valence-electron chi connectivity index (χ1n) is 6.85. The summed E-state index contributed by atoms with van der Waals surface area (Å²) in [6.07, 6.45) is 1.74. The van der Waals surface area contributed by atoms with Gasteiger partial charge in [0, 0.05) is 20.1 Å². The molecule has 0 amide bonds. The van der Waals surface area contributed by atoms with E-state index in [0.717, 1.165) is 12.2 Å². The smallest absolute Gasteiger partial charge is 0.283 e. The molecule has 0 saturated heterocycles. The van der Waals surface area contributed by atoms with Crippen molar-refractivity contribution in [2.24, 2.45) is 17.1 Å². The van der Waals surface area contributed by atoms with Crippen molar-refractivity contribution in [2.45, 2.75) is 34.2 Å². The lowest BCUT2D eigenvalue weighted by Gasteiger charge is -2.30. The van der Waals surface area contributed by atoms with Crippen molar-refractivity contribution in [3.05, 3.63) is 21.0 Å². The van der Waals surface area contributed by atoms with Gasteiger partial charge in [-0.05, 0) is 33.8 Å². The standard InChI is InChI=1S/C14H25BrN4O/c1-10(2)7-19-13(20)12(15)11(6-17-19)18(5)9-14(3,4)8-16/h6,10H,7-9,16H2,1-5H3. The molecule has 6 heteroatoms. The SMILES string of the molecule is CC(C)Cn1ncc(N(C)CC(C)(C)CN)c(Br)c1=O. The molecule has 5 nitrogen and oxygen atoms in total. The van der Waals surface area contributed by atoms with Crippen molar-refractivity contribution in [1.82, 2.24) is 9.78 Å². The Bertz CT molecular complexity index is 510. The van der Waals surface area contributed by atoms with Gasteiger partial charge < -0.3 is 10.6 Å². The largest absolute Gasteiger partial charge is 0.372 e. The van der Waals surface area contributed by atoms with Gasteiger partial charge in [-0.2, -0.15) is 5.10 Å². The summed E-state index contributed by atoms with van der Waals surface area (Å²) in [6, 6.07) is 0. The molecule has 114 valence electrons. The fraction of sp³-hybridized carbons (Fsp3) is 0.714. The molecule has 0 saturated carbocycles. The summed E-state index contributed by atoms with van der Waals surface area (Å²) in [5.74, 6) is 0.381. The predicted octanol–water partition coefficient (Wildman–Crippen LogP) is 2.08. The molecule has 1 aromatic heterocycles. The van der Waals surface area contributed by atoms with Gasteiger partial charge in [0.1, 0.15) is 4.47 Å². The van der Waals surface area contributed by atoms with Crippen LogP contribution in [0, 0.1) is 11.3 Å². The average Bonchev–Trinajstić information content (AvgIpc) is 2.34. The van der Waals surface area contributed by atoms with Crippen molar-refractivity contribution < 1.29 is 0 Å². The number of nitrogens with zero attached hydrogens (tertiary/aromatic N) is 3. The number of hydrogen-bond donors (Lipinski definition) is 1. The molecule has 0 aromatic carbocycles.